The number of imidazole rings is 1. The summed E-state index contributed by atoms with van der Waals surface area (Å²) in [6.45, 7) is 1.75. The number of aryl methyl sites for hydroxylation is 1. The molecule has 2 aromatic heterocycles. The molecule has 180 valence electrons. The van der Waals surface area contributed by atoms with Gasteiger partial charge in [0.2, 0.25) is 5.88 Å². The van der Waals surface area contributed by atoms with Crippen LogP contribution in [-0.2, 0) is 17.2 Å². The Morgan fingerprint density at radius 3 is 2.46 bits per heavy atom. The minimum Gasteiger partial charge on any atom is -0.493 e. The molecule has 0 N–H and O–H groups in total. The third kappa shape index (κ3) is 4.63. The fraction of sp³-hybridized carbons (Fsp3) is 0.240. The Bertz CT molecular complexity index is 1550. The van der Waals surface area contributed by atoms with E-state index in [1.165, 1.54) is 20.3 Å². The Kier molecular flexibility index (Phi) is 6.62. The molecular weight excluding hydrogens is 468 g/mol. The van der Waals surface area contributed by atoms with Crippen LogP contribution in [0.4, 0.5) is 0 Å². The molecule has 0 fully saturated rings. The third-order valence-corrected chi connectivity index (χ3v) is 6.79. The number of pyridine rings is 1. The summed E-state index contributed by atoms with van der Waals surface area (Å²) in [7, 11) is 1.00. The molecule has 0 radical (unpaired) electrons. The smallest absolute Gasteiger partial charge is 0.309 e. The van der Waals surface area contributed by atoms with Crippen molar-refractivity contribution in [1.82, 2.24) is 14.5 Å². The first-order chi connectivity index (χ1) is 16.8. The molecule has 2 heterocycles. The van der Waals surface area contributed by atoms with Gasteiger partial charge in [-0.15, -0.1) is 0 Å². The number of hydrogen-bond donors (Lipinski definition) is 0. The van der Waals surface area contributed by atoms with Crippen LogP contribution in [-0.4, -0.2) is 42.9 Å². The lowest BCUT2D eigenvalue weighted by molar-refractivity contribution is 0.390. The maximum atomic E-state index is 12.2. The molecular formula is C25H24N4O5S. The highest BCUT2D eigenvalue weighted by Crippen LogP contribution is 2.38. The molecule has 0 amide bonds. The average molecular weight is 493 g/mol. The molecule has 0 bridgehead atoms. The Balaban J connectivity index is 1.88. The van der Waals surface area contributed by atoms with Gasteiger partial charge in [0.1, 0.15) is 17.3 Å². The normalized spacial score (nSPS) is 11.3. The number of nitriles is 1. The SMILES string of the molecule is CCCS(=O)(=O)Oc1ccc(-c2cc(-c3nc4ccccc4n3C)nc(OC)c2C#N)cc1OC. The van der Waals surface area contributed by atoms with Crippen LogP contribution in [0.1, 0.15) is 18.9 Å². The maximum absolute atomic E-state index is 12.2. The molecule has 9 nitrogen and oxygen atoms in total. The van der Waals surface area contributed by atoms with Crippen molar-refractivity contribution < 1.29 is 22.1 Å². The van der Waals surface area contributed by atoms with E-state index in [0.29, 0.717) is 29.1 Å². The Morgan fingerprint density at radius 1 is 1.03 bits per heavy atom. The summed E-state index contributed by atoms with van der Waals surface area (Å²) in [6, 6.07) is 16.4. The van der Waals surface area contributed by atoms with Crippen molar-refractivity contribution in [3.05, 3.63) is 54.1 Å². The van der Waals surface area contributed by atoms with E-state index in [0.717, 1.165) is 11.0 Å². The fourth-order valence-corrected chi connectivity index (χ4v) is 4.82. The van der Waals surface area contributed by atoms with Crippen LogP contribution in [0.2, 0.25) is 0 Å². The highest BCUT2D eigenvalue weighted by molar-refractivity contribution is 7.87. The number of para-hydroxylation sites is 2. The van der Waals surface area contributed by atoms with Gasteiger partial charge in [0, 0.05) is 12.6 Å². The van der Waals surface area contributed by atoms with Gasteiger partial charge < -0.3 is 18.2 Å². The van der Waals surface area contributed by atoms with Crippen LogP contribution >= 0.6 is 0 Å². The lowest BCUT2D eigenvalue weighted by atomic mass is 10.00. The molecule has 4 rings (SSSR count). The van der Waals surface area contributed by atoms with Crippen LogP contribution in [0.5, 0.6) is 17.4 Å². The van der Waals surface area contributed by atoms with E-state index in [-0.39, 0.29) is 28.7 Å². The van der Waals surface area contributed by atoms with E-state index >= 15 is 0 Å². The molecule has 0 saturated carbocycles. The van der Waals surface area contributed by atoms with E-state index < -0.39 is 10.1 Å². The van der Waals surface area contributed by atoms with Crippen molar-refractivity contribution in [3.8, 4) is 46.1 Å². The predicted molar refractivity (Wildman–Crippen MR) is 132 cm³/mol. The number of rotatable bonds is 8. The van der Waals surface area contributed by atoms with Gasteiger partial charge in [0.15, 0.2) is 17.3 Å². The standard InChI is InChI=1S/C25H24N4O5S/c1-5-12-35(30,31)34-22-11-10-16(13-23(22)32-3)17-14-20(28-25(33-4)18(17)15-26)24-27-19-8-6-7-9-21(19)29(24)2/h6-11,13-14H,5,12H2,1-4H3. The maximum Gasteiger partial charge on any atom is 0.309 e. The molecule has 0 aliphatic carbocycles. The number of nitrogens with zero attached hydrogens (tertiary/aromatic N) is 4. The fourth-order valence-electron chi connectivity index (χ4n) is 3.83. The molecule has 35 heavy (non-hydrogen) atoms. The zero-order valence-corrected chi connectivity index (χ0v) is 20.6. The van der Waals surface area contributed by atoms with E-state index in [4.69, 9.17) is 18.6 Å². The second-order valence-electron chi connectivity index (χ2n) is 7.75. The molecule has 0 aliphatic rings. The molecule has 0 atom stereocenters. The lowest BCUT2D eigenvalue weighted by Crippen LogP contribution is -2.13. The summed E-state index contributed by atoms with van der Waals surface area (Å²) in [5.41, 5.74) is 3.62. The van der Waals surface area contributed by atoms with Gasteiger partial charge in [-0.25, -0.2) is 9.97 Å². The summed E-state index contributed by atoms with van der Waals surface area (Å²) < 4.78 is 42.3. The number of methoxy groups -OCH3 is 2. The van der Waals surface area contributed by atoms with E-state index in [1.807, 2.05) is 35.9 Å². The first kappa shape index (κ1) is 24.0. The van der Waals surface area contributed by atoms with E-state index in [9.17, 15) is 13.7 Å². The van der Waals surface area contributed by atoms with Gasteiger partial charge in [-0.3, -0.25) is 0 Å². The summed E-state index contributed by atoms with van der Waals surface area (Å²) in [5.74, 6) is 0.926. The minimum atomic E-state index is -3.75. The summed E-state index contributed by atoms with van der Waals surface area (Å²) in [5, 5.41) is 9.89. The van der Waals surface area contributed by atoms with Crippen molar-refractivity contribution in [2.24, 2.45) is 7.05 Å². The van der Waals surface area contributed by atoms with Crippen LogP contribution in [0.15, 0.2) is 48.5 Å². The predicted octanol–water partition coefficient (Wildman–Crippen LogP) is 4.31. The minimum absolute atomic E-state index is 0.0693. The number of fused-ring (bicyclic) bond motifs is 1. The largest absolute Gasteiger partial charge is 0.493 e. The first-order valence-corrected chi connectivity index (χ1v) is 12.4. The van der Waals surface area contributed by atoms with Gasteiger partial charge in [0.05, 0.1) is 31.0 Å². The van der Waals surface area contributed by atoms with Crippen molar-refractivity contribution in [2.45, 2.75) is 13.3 Å². The van der Waals surface area contributed by atoms with Gasteiger partial charge in [0.25, 0.3) is 0 Å². The summed E-state index contributed by atoms with van der Waals surface area (Å²) in [4.78, 5) is 9.24. The monoisotopic (exact) mass is 492 g/mol. The second kappa shape index (κ2) is 9.64. The molecule has 0 aliphatic heterocycles. The van der Waals surface area contributed by atoms with Crippen molar-refractivity contribution >= 4 is 21.2 Å². The average Bonchev–Trinajstić information content (AvgIpc) is 3.19. The van der Waals surface area contributed by atoms with Crippen LogP contribution in [0.25, 0.3) is 33.7 Å². The zero-order valence-electron chi connectivity index (χ0n) is 19.8. The Labute approximate surface area is 203 Å². The quantitative estimate of drug-likeness (QED) is 0.334. The van der Waals surface area contributed by atoms with Crippen LogP contribution in [0.3, 0.4) is 0 Å². The van der Waals surface area contributed by atoms with Gasteiger partial charge in [-0.05, 0) is 42.3 Å². The van der Waals surface area contributed by atoms with E-state index in [1.54, 1.807) is 25.1 Å². The molecule has 0 saturated heterocycles. The number of ether oxygens (including phenoxy) is 2. The van der Waals surface area contributed by atoms with Crippen molar-refractivity contribution in [2.75, 3.05) is 20.0 Å². The highest BCUT2D eigenvalue weighted by atomic mass is 32.2. The molecule has 0 unspecified atom stereocenters. The highest BCUT2D eigenvalue weighted by Gasteiger charge is 2.21. The van der Waals surface area contributed by atoms with Gasteiger partial charge in [-0.1, -0.05) is 25.1 Å². The molecule has 2 aromatic carbocycles. The Morgan fingerprint density at radius 2 is 1.80 bits per heavy atom. The van der Waals surface area contributed by atoms with Gasteiger partial charge >= 0.3 is 10.1 Å². The molecule has 10 heteroatoms. The van der Waals surface area contributed by atoms with Crippen molar-refractivity contribution in [3.63, 3.8) is 0 Å². The lowest BCUT2D eigenvalue weighted by Gasteiger charge is -2.14. The summed E-state index contributed by atoms with van der Waals surface area (Å²) in [6.07, 6.45) is 0.427. The van der Waals surface area contributed by atoms with Crippen LogP contribution < -0.4 is 13.7 Å². The molecule has 4 aromatic rings. The second-order valence-corrected chi connectivity index (χ2v) is 9.44. The first-order valence-electron chi connectivity index (χ1n) is 10.8. The topological polar surface area (TPSA) is 116 Å². The van der Waals surface area contributed by atoms with Gasteiger partial charge in [-0.2, -0.15) is 13.7 Å². The van der Waals surface area contributed by atoms with E-state index in [2.05, 4.69) is 11.1 Å². The summed E-state index contributed by atoms with van der Waals surface area (Å²) >= 11 is 0. The third-order valence-electron chi connectivity index (χ3n) is 5.45. The Hall–Kier alpha value is -4.10. The number of benzene rings is 2. The van der Waals surface area contributed by atoms with Crippen LogP contribution in [0, 0.1) is 11.3 Å². The number of aromatic nitrogens is 3. The zero-order chi connectivity index (χ0) is 25.2. The van der Waals surface area contributed by atoms with Crippen molar-refractivity contribution in [1.29, 1.82) is 5.26 Å². The number of hydrogen-bond acceptors (Lipinski definition) is 8. The molecule has 0 spiro atoms.